The third-order valence-electron chi connectivity index (χ3n) is 1.15. The van der Waals surface area contributed by atoms with E-state index in [0.717, 1.165) is 6.21 Å². The van der Waals surface area contributed by atoms with Crippen LogP contribution in [0.5, 0.6) is 0 Å². The fraction of sp³-hybridized carbons (Fsp3) is 0. The molecule has 0 saturated carbocycles. The molecule has 0 aromatic carbocycles. The second-order valence-electron chi connectivity index (χ2n) is 1.89. The molecule has 6 N–H and O–H groups in total. The predicted molar refractivity (Wildman–Crippen MR) is 41.6 cm³/mol. The Balaban J connectivity index is 3.49. The Morgan fingerprint density at radius 1 is 1.55 bits per heavy atom. The van der Waals surface area contributed by atoms with Gasteiger partial charge in [-0.1, -0.05) is 0 Å². The molecule has 0 unspecified atom stereocenters. The Morgan fingerprint density at radius 3 is 2.64 bits per heavy atom. The van der Waals surface area contributed by atoms with Crippen molar-refractivity contribution < 1.29 is 0 Å². The van der Waals surface area contributed by atoms with Crippen LogP contribution in [0.1, 0.15) is 5.56 Å². The molecule has 1 aromatic rings. The van der Waals surface area contributed by atoms with Crippen LogP contribution in [0.15, 0.2) is 4.79 Å². The van der Waals surface area contributed by atoms with Gasteiger partial charge >= 0.3 is 0 Å². The molecule has 1 rings (SSSR count). The molecule has 1 heterocycles. The number of hydrogen-bond donors (Lipinski definition) is 4. The predicted octanol–water partition coefficient (Wildman–Crippen LogP) is -1.07. The van der Waals surface area contributed by atoms with E-state index in [4.69, 9.17) is 16.9 Å². The lowest BCUT2D eigenvalue weighted by atomic mass is 10.3. The first-order chi connectivity index (χ1) is 5.15. The maximum absolute atomic E-state index is 10.9. The van der Waals surface area contributed by atoms with Crippen molar-refractivity contribution in [1.29, 1.82) is 5.41 Å². The summed E-state index contributed by atoms with van der Waals surface area (Å²) in [5.74, 6) is -0.0700. The lowest BCUT2D eigenvalue weighted by Gasteiger charge is -1.97. The van der Waals surface area contributed by atoms with Crippen LogP contribution in [0.3, 0.4) is 0 Å². The number of aromatic amines is 1. The molecule has 6 heteroatoms. The van der Waals surface area contributed by atoms with E-state index in [1.54, 1.807) is 0 Å². The van der Waals surface area contributed by atoms with Gasteiger partial charge in [-0.3, -0.25) is 9.78 Å². The Hall–Kier alpha value is -1.85. The summed E-state index contributed by atoms with van der Waals surface area (Å²) in [6.45, 7) is 0. The van der Waals surface area contributed by atoms with Crippen molar-refractivity contribution in [3.63, 3.8) is 0 Å². The van der Waals surface area contributed by atoms with E-state index in [9.17, 15) is 4.79 Å². The van der Waals surface area contributed by atoms with Crippen LogP contribution < -0.4 is 17.0 Å². The molecule has 0 radical (unpaired) electrons. The van der Waals surface area contributed by atoms with Gasteiger partial charge in [0, 0.05) is 6.21 Å². The fourth-order valence-corrected chi connectivity index (χ4v) is 0.657. The average molecular weight is 153 g/mol. The van der Waals surface area contributed by atoms with Crippen molar-refractivity contribution in [3.8, 4) is 0 Å². The molecule has 0 fully saturated rings. The quantitative estimate of drug-likeness (QED) is 0.384. The largest absolute Gasteiger partial charge is 0.383 e. The average Bonchev–Trinajstić information content (AvgIpc) is 1.85. The highest BCUT2D eigenvalue weighted by atomic mass is 16.1. The third-order valence-corrected chi connectivity index (χ3v) is 1.15. The topological polar surface area (TPSA) is 122 Å². The number of nitrogens with zero attached hydrogens (tertiary/aromatic N) is 1. The Labute approximate surface area is 61.8 Å². The minimum atomic E-state index is -0.495. The van der Waals surface area contributed by atoms with Gasteiger partial charge in [0.25, 0.3) is 5.56 Å². The third kappa shape index (κ3) is 1.18. The SMILES string of the molecule is N=Cc1c(N)nc(N)[nH]c1=O. The first-order valence-electron chi connectivity index (χ1n) is 2.81. The molecule has 0 aliphatic carbocycles. The number of nitrogens with two attached hydrogens (primary N) is 2. The van der Waals surface area contributed by atoms with Crippen molar-refractivity contribution in [2.45, 2.75) is 0 Å². The van der Waals surface area contributed by atoms with E-state index in [1.807, 2.05) is 0 Å². The number of rotatable bonds is 1. The van der Waals surface area contributed by atoms with Gasteiger partial charge in [0.2, 0.25) is 5.95 Å². The highest BCUT2D eigenvalue weighted by Gasteiger charge is 2.02. The van der Waals surface area contributed by atoms with Crippen LogP contribution in [0.2, 0.25) is 0 Å². The van der Waals surface area contributed by atoms with Gasteiger partial charge < -0.3 is 16.9 Å². The number of aromatic nitrogens is 2. The normalized spacial score (nSPS) is 9.45. The van der Waals surface area contributed by atoms with E-state index < -0.39 is 5.56 Å². The van der Waals surface area contributed by atoms with Crippen molar-refractivity contribution in [2.24, 2.45) is 0 Å². The molecule has 0 saturated heterocycles. The van der Waals surface area contributed by atoms with Gasteiger partial charge in [0.15, 0.2) is 0 Å². The van der Waals surface area contributed by atoms with Crippen LogP contribution >= 0.6 is 0 Å². The summed E-state index contributed by atoms with van der Waals surface area (Å²) in [6, 6.07) is 0. The smallest absolute Gasteiger partial charge is 0.263 e. The zero-order valence-electron chi connectivity index (χ0n) is 5.59. The summed E-state index contributed by atoms with van der Waals surface area (Å²) in [6.07, 6.45) is 0.834. The van der Waals surface area contributed by atoms with E-state index >= 15 is 0 Å². The minimum absolute atomic E-state index is 0.0266. The minimum Gasteiger partial charge on any atom is -0.383 e. The molecule has 0 amide bonds. The molecule has 1 aromatic heterocycles. The van der Waals surface area contributed by atoms with Gasteiger partial charge in [-0.15, -0.1) is 0 Å². The lowest BCUT2D eigenvalue weighted by Crippen LogP contribution is -2.18. The summed E-state index contributed by atoms with van der Waals surface area (Å²) in [5, 5.41) is 6.79. The molecular formula is C5H7N5O. The van der Waals surface area contributed by atoms with Gasteiger partial charge in [-0.2, -0.15) is 4.98 Å². The van der Waals surface area contributed by atoms with E-state index in [0.29, 0.717) is 0 Å². The maximum atomic E-state index is 10.9. The summed E-state index contributed by atoms with van der Waals surface area (Å²) >= 11 is 0. The Kier molecular flexibility index (Phi) is 1.59. The van der Waals surface area contributed by atoms with Gasteiger partial charge in [-0.05, 0) is 0 Å². The monoisotopic (exact) mass is 153 g/mol. The number of H-pyrrole nitrogens is 1. The van der Waals surface area contributed by atoms with Crippen LogP contribution in [0, 0.1) is 5.41 Å². The highest BCUT2D eigenvalue weighted by molar-refractivity contribution is 5.82. The summed E-state index contributed by atoms with van der Waals surface area (Å²) < 4.78 is 0. The number of nitrogens with one attached hydrogen (secondary N) is 2. The molecule has 0 aliphatic heterocycles. The zero-order valence-corrected chi connectivity index (χ0v) is 5.59. The molecule has 0 aliphatic rings. The first-order valence-corrected chi connectivity index (χ1v) is 2.81. The lowest BCUT2D eigenvalue weighted by molar-refractivity contribution is 1.14. The Morgan fingerprint density at radius 2 is 2.18 bits per heavy atom. The molecular weight excluding hydrogens is 146 g/mol. The maximum Gasteiger partial charge on any atom is 0.263 e. The van der Waals surface area contributed by atoms with Crippen molar-refractivity contribution in [2.75, 3.05) is 11.5 Å². The second-order valence-corrected chi connectivity index (χ2v) is 1.89. The highest BCUT2D eigenvalue weighted by Crippen LogP contribution is 1.98. The summed E-state index contributed by atoms with van der Waals surface area (Å²) in [4.78, 5) is 16.6. The molecule has 11 heavy (non-hydrogen) atoms. The van der Waals surface area contributed by atoms with Gasteiger partial charge in [0.1, 0.15) is 5.82 Å². The van der Waals surface area contributed by atoms with Crippen molar-refractivity contribution in [3.05, 3.63) is 15.9 Å². The fourth-order valence-electron chi connectivity index (χ4n) is 0.657. The Bertz CT molecular complexity index is 341. The van der Waals surface area contributed by atoms with Crippen molar-refractivity contribution >= 4 is 18.0 Å². The molecule has 0 atom stereocenters. The molecule has 58 valence electrons. The van der Waals surface area contributed by atoms with Crippen LogP contribution in [-0.2, 0) is 0 Å². The molecule has 6 nitrogen and oxygen atoms in total. The van der Waals surface area contributed by atoms with E-state index in [2.05, 4.69) is 9.97 Å². The van der Waals surface area contributed by atoms with Crippen LogP contribution in [-0.4, -0.2) is 16.2 Å². The first kappa shape index (κ1) is 7.26. The van der Waals surface area contributed by atoms with Gasteiger partial charge in [-0.25, -0.2) is 0 Å². The molecule has 0 bridgehead atoms. The summed E-state index contributed by atoms with van der Waals surface area (Å²) in [7, 11) is 0. The number of hydrogen-bond acceptors (Lipinski definition) is 5. The number of anilines is 2. The number of nitrogen functional groups attached to an aromatic ring is 2. The van der Waals surface area contributed by atoms with Gasteiger partial charge in [0.05, 0.1) is 5.56 Å². The summed E-state index contributed by atoms with van der Waals surface area (Å²) in [5.41, 5.74) is 9.96. The standard InChI is InChI=1S/C5H7N5O/c6-1-2-3(7)9-5(8)10-4(2)11/h1,6H,(H5,7,8,9,10,11). The molecule has 0 spiro atoms. The van der Waals surface area contributed by atoms with E-state index in [-0.39, 0.29) is 17.3 Å². The van der Waals surface area contributed by atoms with E-state index in [1.165, 1.54) is 0 Å². The zero-order chi connectivity index (χ0) is 8.43. The second kappa shape index (κ2) is 2.41. The van der Waals surface area contributed by atoms with Crippen molar-refractivity contribution in [1.82, 2.24) is 9.97 Å². The van der Waals surface area contributed by atoms with Crippen LogP contribution in [0.25, 0.3) is 0 Å². The van der Waals surface area contributed by atoms with Crippen LogP contribution in [0.4, 0.5) is 11.8 Å².